The third kappa shape index (κ3) is 3.85. The summed E-state index contributed by atoms with van der Waals surface area (Å²) in [7, 11) is 0. The zero-order valence-electron chi connectivity index (χ0n) is 11.8. The predicted molar refractivity (Wildman–Crippen MR) is 81.5 cm³/mol. The Morgan fingerprint density at radius 1 is 1.33 bits per heavy atom. The first-order valence-corrected chi connectivity index (χ1v) is 7.45. The first kappa shape index (κ1) is 15.1. The van der Waals surface area contributed by atoms with Crippen LogP contribution >= 0.6 is 11.3 Å². The summed E-state index contributed by atoms with van der Waals surface area (Å²) in [4.78, 5) is 32.4. The summed E-state index contributed by atoms with van der Waals surface area (Å²) in [6, 6.07) is 1.79. The minimum absolute atomic E-state index is 0.0862. The van der Waals surface area contributed by atoms with E-state index >= 15 is 0 Å². The van der Waals surface area contributed by atoms with Gasteiger partial charge in [0, 0.05) is 18.4 Å². The Morgan fingerprint density at radius 2 is 2.14 bits per heavy atom. The van der Waals surface area contributed by atoms with Gasteiger partial charge in [-0.2, -0.15) is 0 Å². The fraction of sp³-hybridized carbons (Fsp3) is 0.286. The molecule has 2 aromatic rings. The van der Waals surface area contributed by atoms with Crippen molar-refractivity contribution in [3.63, 3.8) is 0 Å². The molecule has 0 saturated carbocycles. The van der Waals surface area contributed by atoms with Gasteiger partial charge in [0.05, 0.1) is 11.9 Å². The average molecular weight is 304 g/mol. The maximum Gasteiger partial charge on any atom is 0.275 e. The maximum absolute atomic E-state index is 12.1. The molecule has 0 aliphatic heterocycles. The fourth-order valence-electron chi connectivity index (χ4n) is 1.58. The Kier molecular flexibility index (Phi) is 4.99. The molecule has 0 saturated heterocycles. The molecule has 0 unspecified atom stereocenters. The van der Waals surface area contributed by atoms with Crippen molar-refractivity contribution in [1.29, 1.82) is 0 Å². The minimum Gasteiger partial charge on any atom is -0.349 e. The van der Waals surface area contributed by atoms with Gasteiger partial charge >= 0.3 is 0 Å². The predicted octanol–water partition coefficient (Wildman–Crippen LogP) is 2.32. The van der Waals surface area contributed by atoms with Gasteiger partial charge < -0.3 is 10.6 Å². The number of carbonyl (C=O) groups is 2. The van der Waals surface area contributed by atoms with Crippen molar-refractivity contribution in [2.24, 2.45) is 0 Å². The molecule has 1 atom stereocenters. The smallest absolute Gasteiger partial charge is 0.275 e. The number of thiophene rings is 1. The van der Waals surface area contributed by atoms with Gasteiger partial charge in [-0.05, 0) is 24.8 Å². The van der Waals surface area contributed by atoms with Crippen molar-refractivity contribution in [2.75, 3.05) is 5.32 Å². The fourth-order valence-corrected chi connectivity index (χ4v) is 2.33. The van der Waals surface area contributed by atoms with Crippen molar-refractivity contribution < 1.29 is 9.59 Å². The van der Waals surface area contributed by atoms with Crippen LogP contribution in [0.3, 0.4) is 0 Å². The number of carbonyl (C=O) groups excluding carboxylic acids is 2. The van der Waals surface area contributed by atoms with Gasteiger partial charge in [0.15, 0.2) is 0 Å². The van der Waals surface area contributed by atoms with E-state index < -0.39 is 0 Å². The molecule has 6 nitrogen and oxygen atoms in total. The van der Waals surface area contributed by atoms with Crippen molar-refractivity contribution in [1.82, 2.24) is 15.3 Å². The summed E-state index contributed by atoms with van der Waals surface area (Å²) in [5.74, 6) is -0.576. The van der Waals surface area contributed by atoms with E-state index in [2.05, 4.69) is 20.6 Å². The Balaban J connectivity index is 2.10. The van der Waals surface area contributed by atoms with Gasteiger partial charge in [-0.15, -0.1) is 11.3 Å². The van der Waals surface area contributed by atoms with Crippen LogP contribution in [0.4, 0.5) is 5.69 Å². The Morgan fingerprint density at radius 3 is 2.81 bits per heavy atom. The van der Waals surface area contributed by atoms with Gasteiger partial charge in [0.1, 0.15) is 10.6 Å². The first-order chi connectivity index (χ1) is 10.1. The SMILES string of the molecule is CC[C@H](C)NC(=O)c1sccc1NC(=O)c1cnccn1. The van der Waals surface area contributed by atoms with Crippen molar-refractivity contribution in [2.45, 2.75) is 26.3 Å². The number of anilines is 1. The van der Waals surface area contributed by atoms with E-state index in [1.807, 2.05) is 13.8 Å². The van der Waals surface area contributed by atoms with Crippen molar-refractivity contribution in [3.8, 4) is 0 Å². The molecule has 0 aromatic carbocycles. The molecular weight excluding hydrogens is 288 g/mol. The zero-order chi connectivity index (χ0) is 15.2. The molecular formula is C14H16N4O2S. The van der Waals surface area contributed by atoms with Crippen LogP contribution < -0.4 is 10.6 Å². The van der Waals surface area contributed by atoms with E-state index in [4.69, 9.17) is 0 Å². The third-order valence-corrected chi connectivity index (χ3v) is 3.82. The molecule has 2 heterocycles. The molecule has 0 spiro atoms. The number of amides is 2. The van der Waals surface area contributed by atoms with Gasteiger partial charge in [-0.25, -0.2) is 4.98 Å². The molecule has 7 heteroatoms. The molecule has 2 aromatic heterocycles. The standard InChI is InChI=1S/C14H16N4O2S/c1-3-9(2)17-14(20)12-10(4-7-21-12)18-13(19)11-8-15-5-6-16-11/h4-9H,3H2,1-2H3,(H,17,20)(H,18,19)/t9-/m0/s1. The minimum atomic E-state index is -0.390. The summed E-state index contributed by atoms with van der Waals surface area (Å²) in [5, 5.41) is 7.33. The van der Waals surface area contributed by atoms with Gasteiger partial charge in [0.2, 0.25) is 0 Å². The maximum atomic E-state index is 12.1. The second kappa shape index (κ2) is 6.94. The number of aromatic nitrogens is 2. The summed E-state index contributed by atoms with van der Waals surface area (Å²) >= 11 is 1.28. The summed E-state index contributed by atoms with van der Waals surface area (Å²) in [6.07, 6.45) is 5.16. The molecule has 0 fully saturated rings. The van der Waals surface area contributed by atoms with Crippen LogP contribution in [0.5, 0.6) is 0 Å². The summed E-state index contributed by atoms with van der Waals surface area (Å²) in [5.41, 5.74) is 0.688. The van der Waals surface area contributed by atoms with E-state index in [0.717, 1.165) is 6.42 Å². The van der Waals surface area contributed by atoms with Gasteiger partial charge in [-0.3, -0.25) is 14.6 Å². The molecule has 2 N–H and O–H groups in total. The zero-order valence-corrected chi connectivity index (χ0v) is 12.6. The number of hydrogen-bond donors (Lipinski definition) is 2. The van der Waals surface area contributed by atoms with E-state index in [9.17, 15) is 9.59 Å². The Hall–Kier alpha value is -2.28. The second-order valence-corrected chi connectivity index (χ2v) is 5.41. The largest absolute Gasteiger partial charge is 0.349 e. The topological polar surface area (TPSA) is 84.0 Å². The average Bonchev–Trinajstić information content (AvgIpc) is 2.96. The van der Waals surface area contributed by atoms with E-state index in [1.54, 1.807) is 11.4 Å². The lowest BCUT2D eigenvalue weighted by molar-refractivity contribution is 0.0944. The van der Waals surface area contributed by atoms with Crippen molar-refractivity contribution in [3.05, 3.63) is 40.6 Å². The van der Waals surface area contributed by atoms with E-state index in [1.165, 1.54) is 29.9 Å². The van der Waals surface area contributed by atoms with Crippen LogP contribution in [-0.4, -0.2) is 27.8 Å². The lowest BCUT2D eigenvalue weighted by atomic mass is 10.2. The number of nitrogens with zero attached hydrogens (tertiary/aromatic N) is 2. The Labute approximate surface area is 126 Å². The molecule has 0 aliphatic rings. The van der Waals surface area contributed by atoms with Crippen LogP contribution in [0.2, 0.25) is 0 Å². The highest BCUT2D eigenvalue weighted by Gasteiger charge is 2.17. The second-order valence-electron chi connectivity index (χ2n) is 4.49. The number of rotatable bonds is 5. The van der Waals surface area contributed by atoms with Crippen LogP contribution in [0.1, 0.15) is 40.4 Å². The highest BCUT2D eigenvalue weighted by Crippen LogP contribution is 2.22. The molecule has 2 amide bonds. The molecule has 2 rings (SSSR count). The van der Waals surface area contributed by atoms with Gasteiger partial charge in [0.25, 0.3) is 11.8 Å². The van der Waals surface area contributed by atoms with Gasteiger partial charge in [-0.1, -0.05) is 6.92 Å². The molecule has 0 radical (unpaired) electrons. The highest BCUT2D eigenvalue weighted by molar-refractivity contribution is 7.12. The van der Waals surface area contributed by atoms with E-state index in [0.29, 0.717) is 10.6 Å². The quantitative estimate of drug-likeness (QED) is 0.888. The van der Waals surface area contributed by atoms with E-state index in [-0.39, 0.29) is 23.6 Å². The van der Waals surface area contributed by atoms with Crippen LogP contribution in [0, 0.1) is 0 Å². The summed E-state index contributed by atoms with van der Waals surface area (Å²) < 4.78 is 0. The van der Waals surface area contributed by atoms with Crippen LogP contribution in [0.15, 0.2) is 30.0 Å². The summed E-state index contributed by atoms with van der Waals surface area (Å²) in [6.45, 7) is 3.93. The van der Waals surface area contributed by atoms with Crippen LogP contribution in [0.25, 0.3) is 0 Å². The first-order valence-electron chi connectivity index (χ1n) is 6.57. The number of nitrogens with one attached hydrogen (secondary N) is 2. The normalized spacial score (nSPS) is 11.7. The molecule has 0 aliphatic carbocycles. The monoisotopic (exact) mass is 304 g/mol. The third-order valence-electron chi connectivity index (χ3n) is 2.91. The lowest BCUT2D eigenvalue weighted by Crippen LogP contribution is -2.32. The highest BCUT2D eigenvalue weighted by atomic mass is 32.1. The number of hydrogen-bond acceptors (Lipinski definition) is 5. The molecule has 0 bridgehead atoms. The van der Waals surface area contributed by atoms with Crippen LogP contribution in [-0.2, 0) is 0 Å². The molecule has 110 valence electrons. The molecule has 21 heavy (non-hydrogen) atoms. The Bertz CT molecular complexity index is 627. The van der Waals surface area contributed by atoms with Crippen molar-refractivity contribution >= 4 is 28.8 Å². The lowest BCUT2D eigenvalue weighted by Gasteiger charge is -2.11.